The Morgan fingerprint density at radius 3 is 2.77 bits per heavy atom. The van der Waals surface area contributed by atoms with Crippen LogP contribution in [0.3, 0.4) is 0 Å². The number of hydrogen-bond donors (Lipinski definition) is 1. The molecule has 0 amide bonds. The van der Waals surface area contributed by atoms with E-state index in [0.717, 1.165) is 15.3 Å². The minimum atomic E-state index is -0.692. The molecule has 2 heterocycles. The molecule has 0 bridgehead atoms. The van der Waals surface area contributed by atoms with Crippen LogP contribution in [0.5, 0.6) is 0 Å². The summed E-state index contributed by atoms with van der Waals surface area (Å²) in [6, 6.07) is 13.2. The number of hydrogen-bond acceptors (Lipinski definition) is 6. The van der Waals surface area contributed by atoms with Crippen LogP contribution in [-0.4, -0.2) is 13.1 Å². The Labute approximate surface area is 130 Å². The molecule has 6 heteroatoms. The second-order valence-corrected chi connectivity index (χ2v) is 5.70. The summed E-state index contributed by atoms with van der Waals surface area (Å²) in [6.07, 6.45) is 0. The number of nitrogens with one attached hydrogen (secondary N) is 1. The molecule has 3 aromatic rings. The van der Waals surface area contributed by atoms with Crippen molar-refractivity contribution in [3.63, 3.8) is 0 Å². The van der Waals surface area contributed by atoms with E-state index in [1.54, 1.807) is 6.07 Å². The van der Waals surface area contributed by atoms with Gasteiger partial charge in [-0.2, -0.15) is 0 Å². The molecule has 22 heavy (non-hydrogen) atoms. The van der Waals surface area contributed by atoms with Crippen molar-refractivity contribution < 1.29 is 13.9 Å². The maximum Gasteiger partial charge on any atom is 0.351 e. The Bertz CT molecular complexity index is 867. The molecule has 0 saturated carbocycles. The largest absolute Gasteiger partial charge is 0.465 e. The molecule has 0 unspecified atom stereocenters. The van der Waals surface area contributed by atoms with Crippen molar-refractivity contribution in [3.8, 4) is 0 Å². The minimum Gasteiger partial charge on any atom is -0.465 e. The molecule has 0 aliphatic rings. The van der Waals surface area contributed by atoms with Gasteiger partial charge in [0.1, 0.15) is 5.56 Å². The van der Waals surface area contributed by atoms with Crippen LogP contribution in [0, 0.1) is 0 Å². The number of methoxy groups -OCH3 is 1. The number of anilines is 1. The Kier molecular flexibility index (Phi) is 3.93. The van der Waals surface area contributed by atoms with E-state index in [9.17, 15) is 9.59 Å². The van der Waals surface area contributed by atoms with Crippen molar-refractivity contribution in [2.45, 2.75) is 6.54 Å². The van der Waals surface area contributed by atoms with Crippen molar-refractivity contribution in [2.75, 3.05) is 12.4 Å². The lowest BCUT2D eigenvalue weighted by atomic mass is 10.2. The Morgan fingerprint density at radius 1 is 1.27 bits per heavy atom. The Hall–Kier alpha value is -2.60. The number of rotatable bonds is 4. The minimum absolute atomic E-state index is 0.0912. The topological polar surface area (TPSA) is 68.5 Å². The Morgan fingerprint density at radius 2 is 2.05 bits per heavy atom. The number of carbonyl (C=O) groups excluding carboxylic acids is 1. The molecular weight excluding hydrogens is 302 g/mol. The zero-order chi connectivity index (χ0) is 15.5. The van der Waals surface area contributed by atoms with E-state index in [-0.39, 0.29) is 5.56 Å². The lowest BCUT2D eigenvalue weighted by Crippen LogP contribution is -2.14. The van der Waals surface area contributed by atoms with Gasteiger partial charge in [-0.1, -0.05) is 30.3 Å². The van der Waals surface area contributed by atoms with Crippen LogP contribution in [0.25, 0.3) is 10.3 Å². The third-order valence-corrected chi connectivity index (χ3v) is 4.16. The molecule has 1 N–H and O–H groups in total. The first-order valence-electron chi connectivity index (χ1n) is 6.61. The van der Waals surface area contributed by atoms with Gasteiger partial charge in [0.2, 0.25) is 0 Å². The summed E-state index contributed by atoms with van der Waals surface area (Å²) in [5.74, 6) is -0.692. The highest BCUT2D eigenvalue weighted by molar-refractivity contribution is 7.22. The highest BCUT2D eigenvalue weighted by atomic mass is 32.1. The van der Waals surface area contributed by atoms with Gasteiger partial charge in [-0.3, -0.25) is 0 Å². The van der Waals surface area contributed by atoms with Gasteiger partial charge < -0.3 is 14.5 Å². The summed E-state index contributed by atoms with van der Waals surface area (Å²) in [6.45, 7) is 0.668. The number of thiophene rings is 1. The molecular formula is C16H13NO4S. The molecule has 0 spiro atoms. The number of esters is 1. The molecule has 3 rings (SSSR count). The maximum atomic E-state index is 11.7. The maximum absolute atomic E-state index is 11.7. The number of fused-ring (bicyclic) bond motifs is 1. The quantitative estimate of drug-likeness (QED) is 0.748. The third-order valence-electron chi connectivity index (χ3n) is 3.14. The number of carbonyl (C=O) groups is 1. The summed E-state index contributed by atoms with van der Waals surface area (Å²) >= 11 is 1.42. The zero-order valence-corrected chi connectivity index (χ0v) is 12.6. The van der Waals surface area contributed by atoms with Crippen LogP contribution in [0.2, 0.25) is 0 Å². The Balaban J connectivity index is 1.87. The number of ether oxygens (including phenoxy) is 1. The molecule has 0 fully saturated rings. The van der Waals surface area contributed by atoms with Crippen LogP contribution < -0.4 is 10.9 Å². The van der Waals surface area contributed by atoms with Crippen LogP contribution in [0.15, 0.2) is 51.7 Å². The predicted octanol–water partition coefficient (Wildman–Crippen LogP) is 3.25. The van der Waals surface area contributed by atoms with E-state index in [0.29, 0.717) is 12.1 Å². The fourth-order valence-corrected chi connectivity index (χ4v) is 2.96. The SMILES string of the molecule is COC(=O)c1cc2sc(NCc3ccccc3)cc2oc1=O. The molecule has 0 aliphatic heterocycles. The summed E-state index contributed by atoms with van der Waals surface area (Å²) in [4.78, 5) is 23.2. The van der Waals surface area contributed by atoms with Crippen molar-refractivity contribution in [2.24, 2.45) is 0 Å². The van der Waals surface area contributed by atoms with E-state index < -0.39 is 11.6 Å². The first kappa shape index (κ1) is 14.3. The van der Waals surface area contributed by atoms with Gasteiger partial charge in [-0.25, -0.2) is 9.59 Å². The zero-order valence-electron chi connectivity index (χ0n) is 11.8. The van der Waals surface area contributed by atoms with E-state index in [1.165, 1.54) is 24.5 Å². The summed E-state index contributed by atoms with van der Waals surface area (Å²) < 4.78 is 10.4. The fourth-order valence-electron chi connectivity index (χ4n) is 2.04. The van der Waals surface area contributed by atoms with Crippen molar-refractivity contribution in [1.29, 1.82) is 0 Å². The van der Waals surface area contributed by atoms with Crippen LogP contribution in [-0.2, 0) is 11.3 Å². The molecule has 0 atom stereocenters. The summed E-state index contributed by atoms with van der Waals surface area (Å²) in [5, 5.41) is 4.14. The van der Waals surface area contributed by atoms with Gasteiger partial charge in [0.25, 0.3) is 0 Å². The predicted molar refractivity (Wildman–Crippen MR) is 85.5 cm³/mol. The summed E-state index contributed by atoms with van der Waals surface area (Å²) in [5.41, 5.74) is 0.827. The van der Waals surface area contributed by atoms with Crippen LogP contribution >= 0.6 is 11.3 Å². The fraction of sp³-hybridized carbons (Fsp3) is 0.125. The van der Waals surface area contributed by atoms with Gasteiger partial charge in [0.15, 0.2) is 5.58 Å². The van der Waals surface area contributed by atoms with Crippen LogP contribution in [0.1, 0.15) is 15.9 Å². The monoisotopic (exact) mass is 315 g/mol. The second kappa shape index (κ2) is 6.03. The van der Waals surface area contributed by atoms with Gasteiger partial charge in [0, 0.05) is 12.6 Å². The van der Waals surface area contributed by atoms with Crippen molar-refractivity contribution in [1.82, 2.24) is 0 Å². The second-order valence-electron chi connectivity index (χ2n) is 4.62. The molecule has 0 radical (unpaired) electrons. The van der Waals surface area contributed by atoms with E-state index in [1.807, 2.05) is 30.3 Å². The van der Waals surface area contributed by atoms with Crippen molar-refractivity contribution >= 4 is 32.6 Å². The molecule has 2 aromatic heterocycles. The molecule has 0 aliphatic carbocycles. The highest BCUT2D eigenvalue weighted by Gasteiger charge is 2.15. The van der Waals surface area contributed by atoms with Gasteiger partial charge in [-0.05, 0) is 11.6 Å². The standard InChI is InChI=1S/C16H13NO4S/c1-20-15(18)11-7-13-12(21-16(11)19)8-14(22-13)17-9-10-5-3-2-4-6-10/h2-8,17H,9H2,1H3. The van der Waals surface area contributed by atoms with Gasteiger partial charge in [0.05, 0.1) is 16.8 Å². The smallest absolute Gasteiger partial charge is 0.351 e. The lowest BCUT2D eigenvalue weighted by Gasteiger charge is -2.02. The van der Waals surface area contributed by atoms with E-state index >= 15 is 0 Å². The molecule has 5 nitrogen and oxygen atoms in total. The first-order valence-corrected chi connectivity index (χ1v) is 7.43. The molecule has 0 saturated heterocycles. The molecule has 1 aromatic carbocycles. The van der Waals surface area contributed by atoms with Crippen LogP contribution in [0.4, 0.5) is 5.00 Å². The average molecular weight is 315 g/mol. The van der Waals surface area contributed by atoms with Gasteiger partial charge >= 0.3 is 11.6 Å². The van der Waals surface area contributed by atoms with E-state index in [2.05, 4.69) is 10.1 Å². The van der Waals surface area contributed by atoms with Gasteiger partial charge in [-0.15, -0.1) is 11.3 Å². The lowest BCUT2D eigenvalue weighted by molar-refractivity contribution is 0.0596. The van der Waals surface area contributed by atoms with E-state index in [4.69, 9.17) is 4.42 Å². The third kappa shape index (κ3) is 2.87. The normalized spacial score (nSPS) is 10.6. The summed E-state index contributed by atoms with van der Waals surface area (Å²) in [7, 11) is 1.23. The number of benzene rings is 1. The first-order chi connectivity index (χ1) is 10.7. The molecule has 112 valence electrons. The van der Waals surface area contributed by atoms with Crippen molar-refractivity contribution in [3.05, 3.63) is 64.0 Å². The highest BCUT2D eigenvalue weighted by Crippen LogP contribution is 2.29. The average Bonchev–Trinajstić information content (AvgIpc) is 2.94.